The standard InChI is InChI=1S/C12H22ClO/c1-2-3-4-6-9-12(14)10-7-5-8-11-13/h1-11H2. The van der Waals surface area contributed by atoms with Crippen LogP contribution in [0, 0.1) is 6.92 Å². The molecular weight excluding hydrogens is 196 g/mol. The Hall–Kier alpha value is -0.0400. The number of rotatable bonds is 10. The molecule has 1 radical (unpaired) electrons. The van der Waals surface area contributed by atoms with Crippen molar-refractivity contribution in [2.45, 2.75) is 57.8 Å². The van der Waals surface area contributed by atoms with Gasteiger partial charge in [-0.05, 0) is 19.3 Å². The Morgan fingerprint density at radius 2 is 1.50 bits per heavy atom. The first-order chi connectivity index (χ1) is 6.81. The van der Waals surface area contributed by atoms with Crippen LogP contribution in [0.15, 0.2) is 0 Å². The molecule has 0 rings (SSSR count). The van der Waals surface area contributed by atoms with E-state index in [2.05, 4.69) is 6.92 Å². The third-order valence-electron chi connectivity index (χ3n) is 2.29. The highest BCUT2D eigenvalue weighted by Crippen LogP contribution is 2.07. The topological polar surface area (TPSA) is 17.1 Å². The van der Waals surface area contributed by atoms with Crippen LogP contribution in [0.2, 0.25) is 0 Å². The molecule has 0 aliphatic heterocycles. The molecule has 0 fully saturated rings. The second-order valence-corrected chi connectivity index (χ2v) is 4.08. The van der Waals surface area contributed by atoms with E-state index >= 15 is 0 Å². The van der Waals surface area contributed by atoms with E-state index in [1.807, 2.05) is 0 Å². The molecule has 0 unspecified atom stereocenters. The average molecular weight is 218 g/mol. The number of halogens is 1. The SMILES string of the molecule is [CH2]CCCCCC(=O)CCCCCCl. The van der Waals surface area contributed by atoms with Crippen molar-refractivity contribution < 1.29 is 4.79 Å². The van der Waals surface area contributed by atoms with Crippen LogP contribution in [0.5, 0.6) is 0 Å². The number of alkyl halides is 1. The van der Waals surface area contributed by atoms with Crippen LogP contribution in [-0.2, 0) is 4.79 Å². The molecule has 0 spiro atoms. The van der Waals surface area contributed by atoms with E-state index < -0.39 is 0 Å². The van der Waals surface area contributed by atoms with Crippen molar-refractivity contribution in [2.24, 2.45) is 0 Å². The lowest BCUT2D eigenvalue weighted by atomic mass is 10.1. The van der Waals surface area contributed by atoms with Gasteiger partial charge < -0.3 is 0 Å². The quantitative estimate of drug-likeness (QED) is 0.397. The molecule has 0 aliphatic rings. The Kier molecular flexibility index (Phi) is 11.0. The number of hydrogen-bond donors (Lipinski definition) is 0. The maximum atomic E-state index is 11.3. The Balaban J connectivity index is 3.11. The predicted octanol–water partition coefficient (Wildman–Crippen LogP) is 4.14. The molecule has 83 valence electrons. The number of Topliss-reactive ketones (excluding diaryl/α,β-unsaturated/α-hetero) is 1. The highest BCUT2D eigenvalue weighted by Gasteiger charge is 2.00. The predicted molar refractivity (Wildman–Crippen MR) is 62.6 cm³/mol. The lowest BCUT2D eigenvalue weighted by Gasteiger charge is -2.00. The van der Waals surface area contributed by atoms with E-state index in [4.69, 9.17) is 11.6 Å². The molecule has 0 bridgehead atoms. The summed E-state index contributed by atoms with van der Waals surface area (Å²) < 4.78 is 0. The van der Waals surface area contributed by atoms with E-state index in [0.29, 0.717) is 5.78 Å². The molecule has 0 aliphatic carbocycles. The van der Waals surface area contributed by atoms with Crippen molar-refractivity contribution in [1.29, 1.82) is 0 Å². The van der Waals surface area contributed by atoms with Crippen LogP contribution in [-0.4, -0.2) is 11.7 Å². The molecule has 0 atom stereocenters. The van der Waals surface area contributed by atoms with E-state index in [0.717, 1.165) is 63.7 Å². The summed E-state index contributed by atoms with van der Waals surface area (Å²) in [6.45, 7) is 3.77. The monoisotopic (exact) mass is 217 g/mol. The van der Waals surface area contributed by atoms with Crippen LogP contribution < -0.4 is 0 Å². The summed E-state index contributed by atoms with van der Waals surface area (Å²) in [6, 6.07) is 0. The van der Waals surface area contributed by atoms with Crippen LogP contribution >= 0.6 is 11.6 Å². The van der Waals surface area contributed by atoms with Crippen LogP contribution in [0.4, 0.5) is 0 Å². The Morgan fingerprint density at radius 3 is 2.00 bits per heavy atom. The van der Waals surface area contributed by atoms with Gasteiger partial charge in [0.1, 0.15) is 5.78 Å². The van der Waals surface area contributed by atoms with Gasteiger partial charge in [-0.15, -0.1) is 11.6 Å². The molecule has 1 nitrogen and oxygen atoms in total. The van der Waals surface area contributed by atoms with Crippen molar-refractivity contribution in [3.8, 4) is 0 Å². The zero-order valence-electron chi connectivity index (χ0n) is 9.06. The minimum absolute atomic E-state index is 0.420. The largest absolute Gasteiger partial charge is 0.300 e. The summed E-state index contributed by atoms with van der Waals surface area (Å²) in [5, 5.41) is 0. The van der Waals surface area contributed by atoms with Crippen molar-refractivity contribution in [3.05, 3.63) is 6.92 Å². The van der Waals surface area contributed by atoms with E-state index in [1.54, 1.807) is 0 Å². The molecule has 0 aromatic carbocycles. The summed E-state index contributed by atoms with van der Waals surface area (Å²) in [5.41, 5.74) is 0. The van der Waals surface area contributed by atoms with Crippen molar-refractivity contribution in [1.82, 2.24) is 0 Å². The van der Waals surface area contributed by atoms with Gasteiger partial charge >= 0.3 is 0 Å². The van der Waals surface area contributed by atoms with E-state index in [9.17, 15) is 4.79 Å². The van der Waals surface area contributed by atoms with Crippen LogP contribution in [0.1, 0.15) is 57.8 Å². The maximum absolute atomic E-state index is 11.3. The molecule has 14 heavy (non-hydrogen) atoms. The highest BCUT2D eigenvalue weighted by atomic mass is 35.5. The summed E-state index contributed by atoms with van der Waals surface area (Å²) in [4.78, 5) is 11.3. The number of carbonyl (C=O) groups is 1. The molecular formula is C12H22ClO. The number of hydrogen-bond acceptors (Lipinski definition) is 1. The van der Waals surface area contributed by atoms with Gasteiger partial charge in [0, 0.05) is 18.7 Å². The first-order valence-corrected chi connectivity index (χ1v) is 6.21. The third-order valence-corrected chi connectivity index (χ3v) is 2.56. The summed E-state index contributed by atoms with van der Waals surface area (Å²) >= 11 is 5.54. The molecule has 0 aromatic heterocycles. The number of unbranched alkanes of at least 4 members (excludes halogenated alkanes) is 5. The third kappa shape index (κ3) is 10.0. The fourth-order valence-corrected chi connectivity index (χ4v) is 1.58. The second kappa shape index (κ2) is 11.0. The Morgan fingerprint density at radius 1 is 0.929 bits per heavy atom. The molecule has 0 heterocycles. The normalized spacial score (nSPS) is 10.4. The van der Waals surface area contributed by atoms with E-state index in [-0.39, 0.29) is 0 Å². The van der Waals surface area contributed by atoms with Crippen LogP contribution in [0.3, 0.4) is 0 Å². The van der Waals surface area contributed by atoms with Crippen LogP contribution in [0.25, 0.3) is 0 Å². The highest BCUT2D eigenvalue weighted by molar-refractivity contribution is 6.17. The molecule has 0 N–H and O–H groups in total. The minimum atomic E-state index is 0.420. The summed E-state index contributed by atoms with van der Waals surface area (Å²) in [5.74, 6) is 1.14. The number of ketones is 1. The average Bonchev–Trinajstić information content (AvgIpc) is 2.19. The lowest BCUT2D eigenvalue weighted by molar-refractivity contribution is -0.119. The molecule has 2 heteroatoms. The first kappa shape index (κ1) is 14.0. The fourth-order valence-electron chi connectivity index (χ4n) is 1.39. The van der Waals surface area contributed by atoms with E-state index in [1.165, 1.54) is 0 Å². The van der Waals surface area contributed by atoms with Gasteiger partial charge in [0.15, 0.2) is 0 Å². The smallest absolute Gasteiger partial charge is 0.132 e. The summed E-state index contributed by atoms with van der Waals surface area (Å²) in [6.07, 6.45) is 9.00. The van der Waals surface area contributed by atoms with Gasteiger partial charge in [-0.1, -0.05) is 32.6 Å². The zero-order valence-corrected chi connectivity index (χ0v) is 9.82. The lowest BCUT2D eigenvalue weighted by Crippen LogP contribution is -1.97. The van der Waals surface area contributed by atoms with Gasteiger partial charge in [0.2, 0.25) is 0 Å². The fraction of sp³-hybridized carbons (Fsp3) is 0.833. The Labute approximate surface area is 93.2 Å². The molecule has 0 saturated heterocycles. The molecule has 0 aromatic rings. The molecule has 0 saturated carbocycles. The zero-order chi connectivity index (χ0) is 10.6. The van der Waals surface area contributed by atoms with Gasteiger partial charge in [-0.25, -0.2) is 0 Å². The van der Waals surface area contributed by atoms with Gasteiger partial charge in [-0.2, -0.15) is 0 Å². The van der Waals surface area contributed by atoms with Crippen molar-refractivity contribution in [2.75, 3.05) is 5.88 Å². The van der Waals surface area contributed by atoms with Gasteiger partial charge in [-0.3, -0.25) is 4.79 Å². The number of carbonyl (C=O) groups excluding carboxylic acids is 1. The van der Waals surface area contributed by atoms with Gasteiger partial charge in [0.05, 0.1) is 0 Å². The first-order valence-electron chi connectivity index (χ1n) is 5.68. The molecule has 0 amide bonds. The second-order valence-electron chi connectivity index (χ2n) is 3.70. The van der Waals surface area contributed by atoms with Crippen molar-refractivity contribution in [3.63, 3.8) is 0 Å². The Bertz CT molecular complexity index is 120. The maximum Gasteiger partial charge on any atom is 0.132 e. The summed E-state index contributed by atoms with van der Waals surface area (Å²) in [7, 11) is 0. The van der Waals surface area contributed by atoms with Crippen molar-refractivity contribution >= 4 is 17.4 Å². The minimum Gasteiger partial charge on any atom is -0.300 e. The van der Waals surface area contributed by atoms with Gasteiger partial charge in [0.25, 0.3) is 0 Å².